The number of carbonyl (C=O) groups is 2. The number of hydrogen-bond donors (Lipinski definition) is 1. The van der Waals surface area contributed by atoms with Gasteiger partial charge in [-0.1, -0.05) is 48.0 Å². The van der Waals surface area contributed by atoms with Gasteiger partial charge in [0, 0.05) is 38.3 Å². The summed E-state index contributed by atoms with van der Waals surface area (Å²) in [6.07, 6.45) is 3.62. The van der Waals surface area contributed by atoms with Crippen molar-refractivity contribution < 1.29 is 9.59 Å². The van der Waals surface area contributed by atoms with Gasteiger partial charge in [0.15, 0.2) is 0 Å². The lowest BCUT2D eigenvalue weighted by Crippen LogP contribution is -2.41. The average Bonchev–Trinajstić information content (AvgIpc) is 3.24. The summed E-state index contributed by atoms with van der Waals surface area (Å²) in [7, 11) is 0. The van der Waals surface area contributed by atoms with Gasteiger partial charge in [-0.2, -0.15) is 5.10 Å². The lowest BCUT2D eigenvalue weighted by atomic mass is 9.96. The van der Waals surface area contributed by atoms with E-state index in [4.69, 9.17) is 5.10 Å². The van der Waals surface area contributed by atoms with Crippen molar-refractivity contribution in [1.82, 2.24) is 20.0 Å². The van der Waals surface area contributed by atoms with E-state index in [9.17, 15) is 9.59 Å². The molecule has 0 saturated carbocycles. The van der Waals surface area contributed by atoms with Gasteiger partial charge in [-0.25, -0.2) is 4.68 Å². The van der Waals surface area contributed by atoms with E-state index in [0.29, 0.717) is 36.8 Å². The standard InChI is InChI=1S/C25H28N4O2/c1-18-8-10-22(11-9-18)29-17-23(24(27-29)21-6-4-3-5-7-21)25(31)28-14-12-20(13-15-28)16-26-19(2)30/h3-11,17,20H,12-16H2,1-2H3,(H,26,30). The number of nitrogens with zero attached hydrogens (tertiary/aromatic N) is 3. The molecule has 0 aliphatic carbocycles. The van der Waals surface area contributed by atoms with Crippen molar-refractivity contribution in [1.29, 1.82) is 0 Å². The summed E-state index contributed by atoms with van der Waals surface area (Å²) in [4.78, 5) is 26.5. The van der Waals surface area contributed by atoms with Crippen molar-refractivity contribution >= 4 is 11.8 Å². The lowest BCUT2D eigenvalue weighted by Gasteiger charge is -2.32. The number of likely N-dealkylation sites (tertiary alicyclic amines) is 1. The van der Waals surface area contributed by atoms with Gasteiger partial charge in [-0.05, 0) is 37.8 Å². The predicted molar refractivity (Wildman–Crippen MR) is 121 cm³/mol. The molecule has 6 heteroatoms. The second-order valence-electron chi connectivity index (χ2n) is 8.21. The minimum absolute atomic E-state index is 0.00507. The van der Waals surface area contributed by atoms with E-state index in [2.05, 4.69) is 5.32 Å². The van der Waals surface area contributed by atoms with Crippen LogP contribution in [0.4, 0.5) is 0 Å². The van der Waals surface area contributed by atoms with Gasteiger partial charge in [0.1, 0.15) is 5.69 Å². The zero-order chi connectivity index (χ0) is 21.8. The first-order chi connectivity index (χ1) is 15.0. The third-order valence-corrected chi connectivity index (χ3v) is 5.83. The zero-order valence-electron chi connectivity index (χ0n) is 18.0. The summed E-state index contributed by atoms with van der Waals surface area (Å²) in [5.74, 6) is 0.418. The number of hydrogen-bond acceptors (Lipinski definition) is 3. The number of amides is 2. The highest BCUT2D eigenvalue weighted by Gasteiger charge is 2.27. The number of rotatable bonds is 5. The van der Waals surface area contributed by atoms with Crippen LogP contribution in [0.1, 0.15) is 35.7 Å². The Bertz CT molecular complexity index is 1050. The van der Waals surface area contributed by atoms with Crippen molar-refractivity contribution in [2.45, 2.75) is 26.7 Å². The normalized spacial score (nSPS) is 14.5. The van der Waals surface area contributed by atoms with Crippen LogP contribution in [0.5, 0.6) is 0 Å². The van der Waals surface area contributed by atoms with E-state index < -0.39 is 0 Å². The van der Waals surface area contributed by atoms with Gasteiger partial charge in [0.25, 0.3) is 5.91 Å². The Labute approximate surface area is 182 Å². The molecule has 0 bridgehead atoms. The van der Waals surface area contributed by atoms with Crippen LogP contribution in [-0.4, -0.2) is 46.1 Å². The highest BCUT2D eigenvalue weighted by atomic mass is 16.2. The first kappa shape index (κ1) is 20.8. The first-order valence-corrected chi connectivity index (χ1v) is 10.8. The molecule has 0 radical (unpaired) electrons. The van der Waals surface area contributed by atoms with Crippen molar-refractivity contribution in [3.63, 3.8) is 0 Å². The maximum atomic E-state index is 13.5. The second kappa shape index (κ2) is 9.16. The topological polar surface area (TPSA) is 67.2 Å². The van der Waals surface area contributed by atoms with Gasteiger partial charge in [0.2, 0.25) is 5.91 Å². The zero-order valence-corrected chi connectivity index (χ0v) is 18.0. The molecule has 1 aliphatic heterocycles. The molecule has 2 heterocycles. The van der Waals surface area contributed by atoms with Crippen LogP contribution in [0, 0.1) is 12.8 Å². The molecule has 31 heavy (non-hydrogen) atoms. The van der Waals surface area contributed by atoms with Crippen LogP contribution in [0.15, 0.2) is 60.8 Å². The average molecular weight is 417 g/mol. The number of aryl methyl sites for hydroxylation is 1. The molecule has 1 fully saturated rings. The third kappa shape index (κ3) is 4.85. The first-order valence-electron chi connectivity index (χ1n) is 10.8. The maximum Gasteiger partial charge on any atom is 0.257 e. The molecule has 3 aromatic rings. The number of nitrogens with one attached hydrogen (secondary N) is 1. The molecule has 1 saturated heterocycles. The SMILES string of the molecule is CC(=O)NCC1CCN(C(=O)c2cn(-c3ccc(C)cc3)nc2-c2ccccc2)CC1. The Morgan fingerprint density at radius 1 is 1.03 bits per heavy atom. The largest absolute Gasteiger partial charge is 0.356 e. The summed E-state index contributed by atoms with van der Waals surface area (Å²) >= 11 is 0. The summed E-state index contributed by atoms with van der Waals surface area (Å²) < 4.78 is 1.79. The van der Waals surface area contributed by atoms with Gasteiger partial charge in [-0.15, -0.1) is 0 Å². The quantitative estimate of drug-likeness (QED) is 0.687. The molecule has 160 valence electrons. The molecule has 4 rings (SSSR count). The van der Waals surface area contributed by atoms with E-state index in [1.807, 2.05) is 72.6 Å². The van der Waals surface area contributed by atoms with Crippen LogP contribution < -0.4 is 5.32 Å². The van der Waals surface area contributed by atoms with Gasteiger partial charge >= 0.3 is 0 Å². The molecule has 1 aliphatic rings. The van der Waals surface area contributed by atoms with Crippen molar-refractivity contribution in [3.8, 4) is 16.9 Å². The molecular formula is C25H28N4O2. The van der Waals surface area contributed by atoms with E-state index >= 15 is 0 Å². The van der Waals surface area contributed by atoms with E-state index in [1.54, 1.807) is 4.68 Å². The van der Waals surface area contributed by atoms with Crippen LogP contribution >= 0.6 is 0 Å². The summed E-state index contributed by atoms with van der Waals surface area (Å²) in [6.45, 7) is 5.64. The Balaban J connectivity index is 1.58. The molecule has 2 amide bonds. The van der Waals surface area contributed by atoms with E-state index in [-0.39, 0.29) is 11.8 Å². The van der Waals surface area contributed by atoms with Crippen molar-refractivity contribution in [2.24, 2.45) is 5.92 Å². The van der Waals surface area contributed by atoms with Gasteiger partial charge < -0.3 is 10.2 Å². The fourth-order valence-electron chi connectivity index (χ4n) is 3.97. The molecular weight excluding hydrogens is 388 g/mol. The van der Waals surface area contributed by atoms with Gasteiger partial charge in [0.05, 0.1) is 11.3 Å². The number of aromatic nitrogens is 2. The number of carbonyl (C=O) groups excluding carboxylic acids is 2. The summed E-state index contributed by atoms with van der Waals surface area (Å²) in [6, 6.07) is 18.0. The molecule has 0 spiro atoms. The smallest absolute Gasteiger partial charge is 0.257 e. The highest BCUT2D eigenvalue weighted by Crippen LogP contribution is 2.27. The minimum atomic E-state index is -0.00507. The number of benzene rings is 2. The van der Waals surface area contributed by atoms with Crippen LogP contribution in [0.25, 0.3) is 16.9 Å². The lowest BCUT2D eigenvalue weighted by molar-refractivity contribution is -0.119. The summed E-state index contributed by atoms with van der Waals surface area (Å²) in [5.41, 5.74) is 4.35. The minimum Gasteiger partial charge on any atom is -0.356 e. The number of piperidine rings is 1. The van der Waals surface area contributed by atoms with Crippen molar-refractivity contribution in [2.75, 3.05) is 19.6 Å². The highest BCUT2D eigenvalue weighted by molar-refractivity contribution is 6.00. The Hall–Kier alpha value is -3.41. The Morgan fingerprint density at radius 3 is 2.35 bits per heavy atom. The maximum absolute atomic E-state index is 13.5. The molecule has 0 unspecified atom stereocenters. The molecule has 1 N–H and O–H groups in total. The monoisotopic (exact) mass is 416 g/mol. The molecule has 0 atom stereocenters. The van der Waals surface area contributed by atoms with Crippen molar-refractivity contribution in [3.05, 3.63) is 71.9 Å². The Kier molecular flexibility index (Phi) is 6.16. The van der Waals surface area contributed by atoms with Crippen LogP contribution in [0.2, 0.25) is 0 Å². The fraction of sp³-hybridized carbons (Fsp3) is 0.320. The molecule has 1 aromatic heterocycles. The fourth-order valence-corrected chi connectivity index (χ4v) is 3.97. The second-order valence-corrected chi connectivity index (χ2v) is 8.21. The van der Waals surface area contributed by atoms with E-state index in [0.717, 1.165) is 24.1 Å². The third-order valence-electron chi connectivity index (χ3n) is 5.83. The summed E-state index contributed by atoms with van der Waals surface area (Å²) in [5, 5.41) is 7.67. The molecule has 2 aromatic carbocycles. The van der Waals surface area contributed by atoms with Gasteiger partial charge in [-0.3, -0.25) is 9.59 Å². The van der Waals surface area contributed by atoms with Crippen LogP contribution in [-0.2, 0) is 4.79 Å². The van der Waals surface area contributed by atoms with E-state index in [1.165, 1.54) is 12.5 Å². The predicted octanol–water partition coefficient (Wildman–Crippen LogP) is 3.84. The molecule has 6 nitrogen and oxygen atoms in total. The van der Waals surface area contributed by atoms with Crippen LogP contribution in [0.3, 0.4) is 0 Å². The Morgan fingerprint density at radius 2 is 1.71 bits per heavy atom.